The van der Waals surface area contributed by atoms with Crippen LogP contribution in [0.15, 0.2) is 48.5 Å². The Bertz CT molecular complexity index is 1210. The van der Waals surface area contributed by atoms with Crippen LogP contribution in [0.1, 0.15) is 33.9 Å². The van der Waals surface area contributed by atoms with E-state index in [-0.39, 0.29) is 11.7 Å². The molecule has 5 rings (SSSR count). The third-order valence-electron chi connectivity index (χ3n) is 5.83. The van der Waals surface area contributed by atoms with Gasteiger partial charge in [-0.05, 0) is 48.7 Å². The van der Waals surface area contributed by atoms with E-state index in [4.69, 9.17) is 5.10 Å². The molecule has 0 radical (unpaired) electrons. The van der Waals surface area contributed by atoms with Gasteiger partial charge in [0.1, 0.15) is 5.82 Å². The number of hydrogen-bond donors (Lipinski definition) is 0. The number of para-hydroxylation sites is 1. The first-order valence-corrected chi connectivity index (χ1v) is 11.3. The summed E-state index contributed by atoms with van der Waals surface area (Å²) in [6.45, 7) is 3.87. The van der Waals surface area contributed by atoms with Crippen molar-refractivity contribution < 1.29 is 9.18 Å². The number of carbonyl (C=O) groups excluding carboxylic acids is 1. The molecule has 2 aromatic carbocycles. The quantitative estimate of drug-likeness (QED) is 0.465. The molecule has 1 amide bonds. The number of rotatable bonds is 5. The maximum absolute atomic E-state index is 13.2. The van der Waals surface area contributed by atoms with Crippen molar-refractivity contribution in [3.8, 4) is 0 Å². The second-order valence-electron chi connectivity index (χ2n) is 7.94. The van der Waals surface area contributed by atoms with Gasteiger partial charge < -0.3 is 4.90 Å². The van der Waals surface area contributed by atoms with E-state index in [0.29, 0.717) is 25.9 Å². The molecule has 0 N–H and O–H groups in total. The molecule has 1 aliphatic rings. The van der Waals surface area contributed by atoms with Crippen LogP contribution >= 0.6 is 11.3 Å². The number of halogens is 1. The Labute approximate surface area is 184 Å². The highest BCUT2D eigenvalue weighted by atomic mass is 32.1. The van der Waals surface area contributed by atoms with Crippen LogP contribution in [0.5, 0.6) is 0 Å². The topological polar surface area (TPSA) is 51.0 Å². The van der Waals surface area contributed by atoms with E-state index in [9.17, 15) is 9.18 Å². The summed E-state index contributed by atoms with van der Waals surface area (Å²) in [5.41, 5.74) is 5.32. The van der Waals surface area contributed by atoms with Crippen molar-refractivity contribution in [1.82, 2.24) is 19.7 Å². The molecule has 4 aromatic rings. The van der Waals surface area contributed by atoms with Crippen LogP contribution in [0.2, 0.25) is 0 Å². The highest BCUT2D eigenvalue weighted by Crippen LogP contribution is 2.25. The molecule has 0 atom stereocenters. The molecule has 158 valence electrons. The average Bonchev–Trinajstić information content (AvgIpc) is 3.34. The summed E-state index contributed by atoms with van der Waals surface area (Å²) in [5, 5.41) is 5.70. The van der Waals surface area contributed by atoms with E-state index in [1.165, 1.54) is 17.7 Å². The van der Waals surface area contributed by atoms with Crippen molar-refractivity contribution in [2.45, 2.75) is 39.3 Å². The average molecular weight is 435 g/mol. The van der Waals surface area contributed by atoms with Gasteiger partial charge in [0.2, 0.25) is 5.91 Å². The van der Waals surface area contributed by atoms with Gasteiger partial charge in [0, 0.05) is 19.4 Å². The maximum atomic E-state index is 13.2. The number of fused-ring (bicyclic) bond motifs is 2. The van der Waals surface area contributed by atoms with E-state index < -0.39 is 0 Å². The first kappa shape index (κ1) is 19.9. The first-order valence-electron chi connectivity index (χ1n) is 10.5. The number of hydrogen-bond acceptors (Lipinski definition) is 4. The molecule has 2 aromatic heterocycles. The molecule has 3 heterocycles. The van der Waals surface area contributed by atoms with Crippen molar-refractivity contribution in [1.29, 1.82) is 0 Å². The smallest absolute Gasteiger partial charge is 0.223 e. The van der Waals surface area contributed by atoms with Gasteiger partial charge in [0.15, 0.2) is 0 Å². The molecule has 0 aliphatic carbocycles. The summed E-state index contributed by atoms with van der Waals surface area (Å²) in [6, 6.07) is 14.6. The van der Waals surface area contributed by atoms with Gasteiger partial charge in [-0.3, -0.25) is 9.48 Å². The summed E-state index contributed by atoms with van der Waals surface area (Å²) in [5.74, 6) is -0.0931. The van der Waals surface area contributed by atoms with Gasteiger partial charge in [-0.1, -0.05) is 24.3 Å². The van der Waals surface area contributed by atoms with Gasteiger partial charge >= 0.3 is 0 Å². The van der Waals surface area contributed by atoms with Crippen LogP contribution in [0, 0.1) is 12.7 Å². The zero-order chi connectivity index (χ0) is 21.4. The second kappa shape index (κ2) is 8.23. The fourth-order valence-electron chi connectivity index (χ4n) is 4.18. The lowest BCUT2D eigenvalue weighted by Gasteiger charge is -2.28. The SMILES string of the molecule is Cc1nn(Cc2ccc(F)cc2)c2c1CCN(C(=O)CCc1nc3ccccc3s1)C2. The van der Waals surface area contributed by atoms with E-state index in [2.05, 4.69) is 11.1 Å². The fourth-order valence-corrected chi connectivity index (χ4v) is 5.15. The highest BCUT2D eigenvalue weighted by molar-refractivity contribution is 7.18. The molecule has 7 heteroatoms. The van der Waals surface area contributed by atoms with E-state index in [1.54, 1.807) is 23.5 Å². The van der Waals surface area contributed by atoms with Crippen molar-refractivity contribution in [2.75, 3.05) is 6.54 Å². The van der Waals surface area contributed by atoms with Crippen LogP contribution in [-0.4, -0.2) is 32.1 Å². The number of carbonyl (C=O) groups is 1. The molecular weight excluding hydrogens is 411 g/mol. The Kier molecular flexibility index (Phi) is 5.28. The monoisotopic (exact) mass is 434 g/mol. The Hall–Kier alpha value is -3.06. The summed E-state index contributed by atoms with van der Waals surface area (Å²) >= 11 is 1.66. The third kappa shape index (κ3) is 4.10. The van der Waals surface area contributed by atoms with E-state index >= 15 is 0 Å². The van der Waals surface area contributed by atoms with Crippen molar-refractivity contribution in [2.24, 2.45) is 0 Å². The van der Waals surface area contributed by atoms with Crippen LogP contribution in [0.3, 0.4) is 0 Å². The van der Waals surface area contributed by atoms with Gasteiger partial charge in [-0.2, -0.15) is 5.10 Å². The number of thiazole rings is 1. The van der Waals surface area contributed by atoms with Crippen molar-refractivity contribution >= 4 is 27.5 Å². The van der Waals surface area contributed by atoms with Gasteiger partial charge in [0.25, 0.3) is 0 Å². The van der Waals surface area contributed by atoms with Gasteiger partial charge in [-0.25, -0.2) is 9.37 Å². The predicted molar refractivity (Wildman–Crippen MR) is 120 cm³/mol. The minimum absolute atomic E-state index is 0.150. The second-order valence-corrected chi connectivity index (χ2v) is 9.05. The number of nitrogens with zero attached hydrogens (tertiary/aromatic N) is 4. The summed E-state index contributed by atoms with van der Waals surface area (Å²) in [7, 11) is 0. The molecule has 0 saturated heterocycles. The van der Waals surface area contributed by atoms with Crippen molar-refractivity contribution in [3.05, 3.63) is 81.9 Å². The molecule has 0 fully saturated rings. The minimum atomic E-state index is -0.243. The molecule has 0 spiro atoms. The molecular formula is C24H23FN4OS. The highest BCUT2D eigenvalue weighted by Gasteiger charge is 2.26. The predicted octanol–water partition coefficient (Wildman–Crippen LogP) is 4.51. The summed E-state index contributed by atoms with van der Waals surface area (Å²) in [4.78, 5) is 19.5. The lowest BCUT2D eigenvalue weighted by Crippen LogP contribution is -2.37. The van der Waals surface area contributed by atoms with Gasteiger partial charge in [-0.15, -0.1) is 11.3 Å². The molecule has 0 unspecified atom stereocenters. The Morgan fingerprint density at radius 2 is 1.97 bits per heavy atom. The van der Waals surface area contributed by atoms with Crippen LogP contribution in [0.25, 0.3) is 10.2 Å². The van der Waals surface area contributed by atoms with Gasteiger partial charge in [0.05, 0.1) is 39.7 Å². The zero-order valence-corrected chi connectivity index (χ0v) is 18.2. The Balaban J connectivity index is 1.28. The molecule has 1 aliphatic heterocycles. The molecule has 5 nitrogen and oxygen atoms in total. The van der Waals surface area contributed by atoms with E-state index in [0.717, 1.165) is 45.1 Å². The third-order valence-corrected chi connectivity index (χ3v) is 6.93. The first-order chi connectivity index (χ1) is 15.1. The number of aromatic nitrogens is 3. The van der Waals surface area contributed by atoms with Crippen LogP contribution in [-0.2, 0) is 30.7 Å². The summed E-state index contributed by atoms with van der Waals surface area (Å²) < 4.78 is 16.4. The number of amides is 1. The van der Waals surface area contributed by atoms with E-state index in [1.807, 2.05) is 34.7 Å². The minimum Gasteiger partial charge on any atom is -0.336 e. The Morgan fingerprint density at radius 1 is 1.16 bits per heavy atom. The molecule has 0 saturated carbocycles. The summed E-state index contributed by atoms with van der Waals surface area (Å²) in [6.07, 6.45) is 1.94. The fraction of sp³-hybridized carbons (Fsp3) is 0.292. The molecule has 31 heavy (non-hydrogen) atoms. The van der Waals surface area contributed by atoms with Crippen molar-refractivity contribution in [3.63, 3.8) is 0 Å². The number of aryl methyl sites for hydroxylation is 2. The zero-order valence-electron chi connectivity index (χ0n) is 17.3. The van der Waals surface area contributed by atoms with Crippen LogP contribution < -0.4 is 0 Å². The largest absolute Gasteiger partial charge is 0.336 e. The molecule has 0 bridgehead atoms. The maximum Gasteiger partial charge on any atom is 0.223 e. The normalized spacial score (nSPS) is 13.5. The lowest BCUT2D eigenvalue weighted by atomic mass is 10.0. The number of benzene rings is 2. The Morgan fingerprint density at radius 3 is 2.77 bits per heavy atom. The lowest BCUT2D eigenvalue weighted by molar-refractivity contribution is -0.132. The van der Waals surface area contributed by atoms with Crippen LogP contribution in [0.4, 0.5) is 4.39 Å². The standard InChI is InChI=1S/C24H23FN4OS/c1-16-19-12-13-28(15-21(19)29(27-16)14-17-6-8-18(25)9-7-17)24(30)11-10-23-26-20-4-2-3-5-22(20)31-23/h2-9H,10-15H2,1H3.